The highest BCUT2D eigenvalue weighted by Crippen LogP contribution is 2.38. The van der Waals surface area contributed by atoms with Gasteiger partial charge < -0.3 is 19.3 Å². The van der Waals surface area contributed by atoms with Gasteiger partial charge >= 0.3 is 12.1 Å². The molecule has 0 saturated carbocycles. The number of carbonyl (C=O) groups excluding carboxylic acids is 1. The first kappa shape index (κ1) is 26.0. The largest absolute Gasteiger partial charge is 0.496 e. The summed E-state index contributed by atoms with van der Waals surface area (Å²) in [6, 6.07) is 15.2. The lowest BCUT2D eigenvalue weighted by atomic mass is 9.98. The molecule has 0 spiro atoms. The van der Waals surface area contributed by atoms with E-state index in [9.17, 15) is 14.7 Å². The molecule has 1 aliphatic heterocycles. The second kappa shape index (κ2) is 9.76. The van der Waals surface area contributed by atoms with E-state index < -0.39 is 29.3 Å². The number of pyridine rings is 1. The molecule has 2 atom stereocenters. The first-order valence-electron chi connectivity index (χ1n) is 12.1. The summed E-state index contributed by atoms with van der Waals surface area (Å²) in [5.41, 5.74) is 0.778. The van der Waals surface area contributed by atoms with E-state index in [4.69, 9.17) is 19.2 Å². The summed E-state index contributed by atoms with van der Waals surface area (Å²) >= 11 is 0. The van der Waals surface area contributed by atoms with Gasteiger partial charge in [0, 0.05) is 35.1 Å². The third-order valence-corrected chi connectivity index (χ3v) is 6.39. The molecule has 0 radical (unpaired) electrons. The Balaban J connectivity index is 1.77. The van der Waals surface area contributed by atoms with E-state index in [2.05, 4.69) is 6.58 Å². The van der Waals surface area contributed by atoms with Crippen molar-refractivity contribution in [1.29, 1.82) is 0 Å². The first-order chi connectivity index (χ1) is 17.4. The van der Waals surface area contributed by atoms with Crippen molar-refractivity contribution < 1.29 is 28.9 Å². The van der Waals surface area contributed by atoms with Crippen molar-refractivity contribution in [3.8, 4) is 22.8 Å². The maximum absolute atomic E-state index is 12.9. The molecule has 194 valence electrons. The summed E-state index contributed by atoms with van der Waals surface area (Å²) in [6.07, 6.45) is 0.509. The molecule has 37 heavy (non-hydrogen) atoms. The number of aliphatic carboxylic acids is 1. The molecule has 1 N–H and O–H groups in total. The quantitative estimate of drug-likeness (QED) is 0.454. The minimum Gasteiger partial charge on any atom is -0.496 e. The van der Waals surface area contributed by atoms with Crippen LogP contribution in [-0.4, -0.2) is 58.0 Å². The van der Waals surface area contributed by atoms with Gasteiger partial charge in [-0.2, -0.15) is 0 Å². The molecule has 4 rings (SSSR count). The molecule has 1 saturated heterocycles. The number of benzene rings is 2. The van der Waals surface area contributed by atoms with Gasteiger partial charge in [-0.15, -0.1) is 0 Å². The zero-order chi connectivity index (χ0) is 27.0. The van der Waals surface area contributed by atoms with Gasteiger partial charge in [0.15, 0.2) is 0 Å². The van der Waals surface area contributed by atoms with Crippen LogP contribution in [0.5, 0.6) is 11.5 Å². The maximum Gasteiger partial charge on any atom is 0.411 e. The highest BCUT2D eigenvalue weighted by atomic mass is 16.6. The van der Waals surface area contributed by atoms with Gasteiger partial charge in [-0.25, -0.2) is 14.6 Å². The fraction of sp³-hybridized carbons (Fsp3) is 0.345. The summed E-state index contributed by atoms with van der Waals surface area (Å²) in [6.45, 7) is 10.7. The lowest BCUT2D eigenvalue weighted by molar-refractivity contribution is -0.148. The summed E-state index contributed by atoms with van der Waals surface area (Å²) in [5, 5.41) is 10.7. The Morgan fingerprint density at radius 2 is 1.86 bits per heavy atom. The lowest BCUT2D eigenvalue weighted by Crippen LogP contribution is -2.52. The number of carboxylic acid groups (broad SMARTS) is 1. The number of methoxy groups -OCH3 is 1. The van der Waals surface area contributed by atoms with E-state index in [1.165, 1.54) is 11.8 Å². The Labute approximate surface area is 216 Å². The Morgan fingerprint density at radius 1 is 1.16 bits per heavy atom. The number of carbonyl (C=O) groups is 2. The molecule has 1 aromatic heterocycles. The number of carboxylic acids is 1. The standard InChI is InChI=1S/C29H32N2O6/c1-7-18-13-21-23(15-24(18)35-6)30-22(19-11-9-8-10-12-19)14-25(21)36-20-16-29(5,26(32)33)31(17-20)27(34)37-28(2,3)4/h7-15,20H,1,16-17H2,2-6H3,(H,32,33)/t20-,29+/m1/s1. The van der Waals surface area contributed by atoms with Crippen LogP contribution in [0, 0.1) is 0 Å². The van der Waals surface area contributed by atoms with Crippen LogP contribution in [0.3, 0.4) is 0 Å². The second-order valence-corrected chi connectivity index (χ2v) is 10.3. The molecule has 1 fully saturated rings. The lowest BCUT2D eigenvalue weighted by Gasteiger charge is -2.32. The van der Waals surface area contributed by atoms with Gasteiger partial charge in [0.25, 0.3) is 0 Å². The number of fused-ring (bicyclic) bond motifs is 1. The van der Waals surface area contributed by atoms with E-state index in [1.807, 2.05) is 48.5 Å². The zero-order valence-corrected chi connectivity index (χ0v) is 21.8. The van der Waals surface area contributed by atoms with Crippen LogP contribution in [-0.2, 0) is 9.53 Å². The number of ether oxygens (including phenoxy) is 3. The number of likely N-dealkylation sites (tertiary alicyclic amines) is 1. The predicted octanol–water partition coefficient (Wildman–Crippen LogP) is 5.78. The summed E-state index contributed by atoms with van der Waals surface area (Å²) < 4.78 is 17.5. The van der Waals surface area contributed by atoms with Gasteiger partial charge in [-0.05, 0) is 33.8 Å². The fourth-order valence-corrected chi connectivity index (χ4v) is 4.51. The molecule has 2 heterocycles. The Morgan fingerprint density at radius 3 is 2.46 bits per heavy atom. The van der Waals surface area contributed by atoms with E-state index in [-0.39, 0.29) is 13.0 Å². The molecule has 3 aromatic rings. The number of rotatable bonds is 6. The Kier molecular flexibility index (Phi) is 6.86. The van der Waals surface area contributed by atoms with Crippen LogP contribution in [0.2, 0.25) is 0 Å². The summed E-state index contributed by atoms with van der Waals surface area (Å²) in [5.74, 6) is 0.0349. The van der Waals surface area contributed by atoms with E-state index >= 15 is 0 Å². The van der Waals surface area contributed by atoms with Crippen molar-refractivity contribution in [2.24, 2.45) is 0 Å². The number of aromatic nitrogens is 1. The smallest absolute Gasteiger partial charge is 0.411 e. The maximum atomic E-state index is 12.9. The molecule has 1 aliphatic rings. The van der Waals surface area contributed by atoms with Crippen molar-refractivity contribution in [2.75, 3.05) is 13.7 Å². The number of hydrogen-bond acceptors (Lipinski definition) is 6. The van der Waals surface area contributed by atoms with Crippen molar-refractivity contribution in [1.82, 2.24) is 9.88 Å². The molecule has 2 aromatic carbocycles. The van der Waals surface area contributed by atoms with Gasteiger partial charge in [-0.3, -0.25) is 4.90 Å². The molecule has 8 nitrogen and oxygen atoms in total. The zero-order valence-electron chi connectivity index (χ0n) is 21.8. The Hall–Kier alpha value is -4.07. The van der Waals surface area contributed by atoms with Gasteiger partial charge in [0.2, 0.25) is 0 Å². The molecule has 0 unspecified atom stereocenters. The number of hydrogen-bond donors (Lipinski definition) is 1. The van der Waals surface area contributed by atoms with Crippen molar-refractivity contribution >= 4 is 29.0 Å². The van der Waals surface area contributed by atoms with Gasteiger partial charge in [0.1, 0.15) is 28.7 Å². The topological polar surface area (TPSA) is 98.2 Å². The SMILES string of the molecule is C=Cc1cc2c(O[C@H]3CN(C(=O)OC(C)(C)C)[C@](C)(C(=O)O)C3)cc(-c3ccccc3)nc2cc1OC. The average molecular weight is 505 g/mol. The van der Waals surface area contributed by atoms with E-state index in [1.54, 1.807) is 34.0 Å². The molecular formula is C29H32N2O6. The molecule has 8 heteroatoms. The molecule has 1 amide bonds. The monoisotopic (exact) mass is 504 g/mol. The highest BCUT2D eigenvalue weighted by molar-refractivity contribution is 5.91. The van der Waals surface area contributed by atoms with Crippen LogP contribution in [0.4, 0.5) is 4.79 Å². The first-order valence-corrected chi connectivity index (χ1v) is 12.1. The van der Waals surface area contributed by atoms with Crippen molar-refractivity contribution in [3.05, 3.63) is 60.7 Å². The minimum atomic E-state index is -1.48. The van der Waals surface area contributed by atoms with Crippen LogP contribution in [0.25, 0.3) is 28.2 Å². The number of nitrogens with zero attached hydrogens (tertiary/aromatic N) is 2. The van der Waals surface area contributed by atoms with Crippen LogP contribution in [0.15, 0.2) is 55.1 Å². The average Bonchev–Trinajstić information content (AvgIpc) is 3.20. The Bertz CT molecular complexity index is 1350. The third-order valence-electron chi connectivity index (χ3n) is 6.39. The predicted molar refractivity (Wildman–Crippen MR) is 142 cm³/mol. The minimum absolute atomic E-state index is 0.0622. The van der Waals surface area contributed by atoms with E-state index in [0.717, 1.165) is 16.5 Å². The highest BCUT2D eigenvalue weighted by Gasteiger charge is 2.52. The van der Waals surface area contributed by atoms with Crippen molar-refractivity contribution in [2.45, 2.75) is 51.4 Å². The van der Waals surface area contributed by atoms with Gasteiger partial charge in [0.05, 0.1) is 24.9 Å². The van der Waals surface area contributed by atoms with Crippen LogP contribution in [0.1, 0.15) is 39.7 Å². The van der Waals surface area contributed by atoms with E-state index in [0.29, 0.717) is 22.7 Å². The third kappa shape index (κ3) is 5.23. The van der Waals surface area contributed by atoms with Crippen LogP contribution < -0.4 is 9.47 Å². The molecule has 0 aliphatic carbocycles. The van der Waals surface area contributed by atoms with Crippen molar-refractivity contribution in [3.63, 3.8) is 0 Å². The molecular weight excluding hydrogens is 472 g/mol. The molecule has 0 bridgehead atoms. The van der Waals surface area contributed by atoms with Gasteiger partial charge in [-0.1, -0.05) is 43.0 Å². The summed E-state index contributed by atoms with van der Waals surface area (Å²) in [7, 11) is 1.59. The van der Waals surface area contributed by atoms with Crippen LogP contribution >= 0.6 is 0 Å². The normalized spacial score (nSPS) is 19.5. The second-order valence-electron chi connectivity index (χ2n) is 10.3. The fourth-order valence-electron chi connectivity index (χ4n) is 4.51. The number of amides is 1. The summed E-state index contributed by atoms with van der Waals surface area (Å²) in [4.78, 5) is 31.3.